The molecule has 0 bridgehead atoms. The van der Waals surface area contributed by atoms with Crippen LogP contribution in [0.5, 0.6) is 0 Å². The molecule has 0 fully saturated rings. The maximum Gasteiger partial charge on any atom is 0.202 e. The molecule has 74 valence electrons. The van der Waals surface area contributed by atoms with E-state index in [2.05, 4.69) is 19.8 Å². The minimum atomic E-state index is 0.690. The van der Waals surface area contributed by atoms with Gasteiger partial charge in [-0.3, -0.25) is 4.68 Å². The van der Waals surface area contributed by atoms with E-state index >= 15 is 0 Å². The second kappa shape index (κ2) is 3.75. The van der Waals surface area contributed by atoms with Gasteiger partial charge in [0.1, 0.15) is 5.82 Å². The summed E-state index contributed by atoms with van der Waals surface area (Å²) < 4.78 is 5.86. The molecule has 0 aromatic carbocycles. The standard InChI is InChI=1S/C8H11N5S/c1-6-10-8(14-12-6)9-5-7-3-4-13(2)11-7/h3-4H,5H2,1-2H3,(H,9,10,12). The number of aromatic nitrogens is 4. The highest BCUT2D eigenvalue weighted by atomic mass is 32.1. The zero-order chi connectivity index (χ0) is 9.97. The fourth-order valence-corrected chi connectivity index (χ4v) is 1.66. The van der Waals surface area contributed by atoms with Crippen molar-refractivity contribution in [2.24, 2.45) is 7.05 Å². The fraction of sp³-hybridized carbons (Fsp3) is 0.375. The van der Waals surface area contributed by atoms with Crippen LogP contribution in [0.2, 0.25) is 0 Å². The molecule has 0 amide bonds. The van der Waals surface area contributed by atoms with Crippen molar-refractivity contribution in [3.05, 3.63) is 23.8 Å². The van der Waals surface area contributed by atoms with Crippen molar-refractivity contribution in [2.45, 2.75) is 13.5 Å². The lowest BCUT2D eigenvalue weighted by atomic mass is 10.4. The summed E-state index contributed by atoms with van der Waals surface area (Å²) in [5, 5.41) is 8.25. The highest BCUT2D eigenvalue weighted by Crippen LogP contribution is 2.10. The van der Waals surface area contributed by atoms with Crippen LogP contribution in [0.15, 0.2) is 12.3 Å². The van der Waals surface area contributed by atoms with Crippen LogP contribution in [0.4, 0.5) is 5.13 Å². The first-order chi connectivity index (χ1) is 6.74. The average Bonchev–Trinajstić information content (AvgIpc) is 2.72. The largest absolute Gasteiger partial charge is 0.355 e. The van der Waals surface area contributed by atoms with Crippen molar-refractivity contribution in [1.82, 2.24) is 19.1 Å². The van der Waals surface area contributed by atoms with E-state index in [1.807, 2.05) is 26.2 Å². The molecule has 2 aromatic heterocycles. The number of aryl methyl sites for hydroxylation is 2. The quantitative estimate of drug-likeness (QED) is 0.825. The van der Waals surface area contributed by atoms with Crippen LogP contribution in [0.1, 0.15) is 11.5 Å². The van der Waals surface area contributed by atoms with Gasteiger partial charge in [0.05, 0.1) is 12.2 Å². The van der Waals surface area contributed by atoms with Gasteiger partial charge < -0.3 is 5.32 Å². The van der Waals surface area contributed by atoms with E-state index in [1.165, 1.54) is 11.5 Å². The molecule has 2 aromatic rings. The number of hydrogen-bond acceptors (Lipinski definition) is 5. The molecule has 0 saturated heterocycles. The second-order valence-electron chi connectivity index (χ2n) is 2.98. The number of hydrogen-bond donors (Lipinski definition) is 1. The Kier molecular flexibility index (Phi) is 2.45. The van der Waals surface area contributed by atoms with Gasteiger partial charge in [0.15, 0.2) is 0 Å². The second-order valence-corrected chi connectivity index (χ2v) is 3.73. The topological polar surface area (TPSA) is 55.6 Å². The van der Waals surface area contributed by atoms with Crippen LogP contribution in [0.25, 0.3) is 0 Å². The van der Waals surface area contributed by atoms with E-state index in [0.717, 1.165) is 16.6 Å². The van der Waals surface area contributed by atoms with Crippen LogP contribution in [-0.4, -0.2) is 19.1 Å². The molecule has 0 aliphatic heterocycles. The molecule has 1 N–H and O–H groups in total. The lowest BCUT2D eigenvalue weighted by Gasteiger charge is -1.96. The molecule has 2 rings (SSSR count). The van der Waals surface area contributed by atoms with Crippen molar-refractivity contribution < 1.29 is 0 Å². The predicted octanol–water partition coefficient (Wildman–Crippen LogP) is 1.19. The van der Waals surface area contributed by atoms with Gasteiger partial charge in [-0.25, -0.2) is 4.98 Å². The van der Waals surface area contributed by atoms with E-state index in [-0.39, 0.29) is 0 Å². The van der Waals surface area contributed by atoms with Crippen molar-refractivity contribution in [2.75, 3.05) is 5.32 Å². The van der Waals surface area contributed by atoms with Crippen LogP contribution < -0.4 is 5.32 Å². The Labute approximate surface area is 86.0 Å². The van der Waals surface area contributed by atoms with E-state index < -0.39 is 0 Å². The molecule has 0 radical (unpaired) electrons. The van der Waals surface area contributed by atoms with Gasteiger partial charge in [-0.05, 0) is 13.0 Å². The molecule has 0 spiro atoms. The third-order valence-corrected chi connectivity index (χ3v) is 2.48. The Bertz CT molecular complexity index is 379. The van der Waals surface area contributed by atoms with Gasteiger partial charge in [-0.1, -0.05) is 0 Å². The minimum Gasteiger partial charge on any atom is -0.355 e. The molecule has 0 atom stereocenters. The zero-order valence-electron chi connectivity index (χ0n) is 8.06. The molecule has 2 heterocycles. The Morgan fingerprint density at radius 3 is 3.00 bits per heavy atom. The van der Waals surface area contributed by atoms with Gasteiger partial charge in [0, 0.05) is 24.8 Å². The first-order valence-electron chi connectivity index (χ1n) is 4.27. The fourth-order valence-electron chi connectivity index (χ4n) is 1.09. The average molecular weight is 209 g/mol. The van der Waals surface area contributed by atoms with Gasteiger partial charge in [0.2, 0.25) is 5.13 Å². The highest BCUT2D eigenvalue weighted by Gasteiger charge is 2.00. The van der Waals surface area contributed by atoms with Crippen LogP contribution in [0.3, 0.4) is 0 Å². The first-order valence-corrected chi connectivity index (χ1v) is 5.04. The van der Waals surface area contributed by atoms with Gasteiger partial charge in [0.25, 0.3) is 0 Å². The molecule has 5 nitrogen and oxygen atoms in total. The number of nitrogens with one attached hydrogen (secondary N) is 1. The molecular formula is C8H11N5S. The molecule has 0 saturated carbocycles. The smallest absolute Gasteiger partial charge is 0.202 e. The highest BCUT2D eigenvalue weighted by molar-refractivity contribution is 7.09. The monoisotopic (exact) mass is 209 g/mol. The zero-order valence-corrected chi connectivity index (χ0v) is 8.88. The summed E-state index contributed by atoms with van der Waals surface area (Å²) in [5.74, 6) is 0.804. The molecule has 6 heteroatoms. The third-order valence-electron chi connectivity index (χ3n) is 1.72. The summed E-state index contributed by atoms with van der Waals surface area (Å²) in [4.78, 5) is 4.19. The summed E-state index contributed by atoms with van der Waals surface area (Å²) in [6, 6.07) is 1.97. The minimum absolute atomic E-state index is 0.690. The molecule has 0 aliphatic rings. The van der Waals surface area contributed by atoms with E-state index in [1.54, 1.807) is 4.68 Å². The maximum atomic E-state index is 4.24. The Morgan fingerprint density at radius 1 is 1.57 bits per heavy atom. The van der Waals surface area contributed by atoms with Crippen molar-refractivity contribution in [3.63, 3.8) is 0 Å². The Morgan fingerprint density at radius 2 is 2.43 bits per heavy atom. The van der Waals surface area contributed by atoms with Crippen molar-refractivity contribution in [1.29, 1.82) is 0 Å². The van der Waals surface area contributed by atoms with Gasteiger partial charge in [-0.2, -0.15) is 9.47 Å². The molecule has 0 aliphatic carbocycles. The molecule has 14 heavy (non-hydrogen) atoms. The number of nitrogens with zero attached hydrogens (tertiary/aromatic N) is 4. The maximum absolute atomic E-state index is 4.24. The normalized spacial score (nSPS) is 10.4. The number of rotatable bonds is 3. The van der Waals surface area contributed by atoms with E-state index in [9.17, 15) is 0 Å². The number of anilines is 1. The van der Waals surface area contributed by atoms with Crippen molar-refractivity contribution in [3.8, 4) is 0 Å². The summed E-state index contributed by atoms with van der Waals surface area (Å²) in [5.41, 5.74) is 1.00. The van der Waals surface area contributed by atoms with Gasteiger partial charge in [-0.15, -0.1) is 0 Å². The van der Waals surface area contributed by atoms with Crippen molar-refractivity contribution >= 4 is 16.7 Å². The SMILES string of the molecule is Cc1nsc(NCc2ccn(C)n2)n1. The van der Waals surface area contributed by atoms with E-state index in [0.29, 0.717) is 6.54 Å². The predicted molar refractivity (Wildman–Crippen MR) is 55.2 cm³/mol. The lowest BCUT2D eigenvalue weighted by molar-refractivity contribution is 0.747. The van der Waals surface area contributed by atoms with Crippen LogP contribution >= 0.6 is 11.5 Å². The van der Waals surface area contributed by atoms with E-state index in [4.69, 9.17) is 0 Å². The summed E-state index contributed by atoms with van der Waals surface area (Å²) in [6.45, 7) is 2.57. The first kappa shape index (κ1) is 9.14. The summed E-state index contributed by atoms with van der Waals surface area (Å²) >= 11 is 1.37. The molecular weight excluding hydrogens is 198 g/mol. The van der Waals surface area contributed by atoms with Gasteiger partial charge >= 0.3 is 0 Å². The Balaban J connectivity index is 1.94. The lowest BCUT2D eigenvalue weighted by Crippen LogP contribution is -2.00. The summed E-state index contributed by atoms with van der Waals surface area (Å²) in [6.07, 6.45) is 1.92. The Hall–Kier alpha value is -1.43. The van der Waals surface area contributed by atoms with Crippen LogP contribution in [-0.2, 0) is 13.6 Å². The third kappa shape index (κ3) is 2.08. The molecule has 0 unspecified atom stereocenters. The summed E-state index contributed by atoms with van der Waals surface area (Å²) in [7, 11) is 1.90. The van der Waals surface area contributed by atoms with Crippen LogP contribution in [0, 0.1) is 6.92 Å².